The van der Waals surface area contributed by atoms with E-state index >= 15 is 0 Å². The first-order valence-electron chi connectivity index (χ1n) is 13.5. The molecule has 1 fully saturated rings. The fraction of sp³-hybridized carbons (Fsp3) is 0.433. The van der Waals surface area contributed by atoms with Crippen molar-refractivity contribution in [3.05, 3.63) is 77.7 Å². The molecular formula is C30H35N3O6S. The topological polar surface area (TPSA) is 93.3 Å². The number of benzene rings is 1. The molecule has 0 radical (unpaired) electrons. The predicted molar refractivity (Wildman–Crippen MR) is 153 cm³/mol. The number of thiazole rings is 1. The molecule has 0 saturated carbocycles. The van der Waals surface area contributed by atoms with Gasteiger partial charge in [0.05, 0.1) is 42.7 Å². The summed E-state index contributed by atoms with van der Waals surface area (Å²) in [6, 6.07) is 6.72. The molecule has 0 unspecified atom stereocenters. The molecular weight excluding hydrogens is 530 g/mol. The van der Waals surface area contributed by atoms with Gasteiger partial charge in [-0.25, -0.2) is 9.79 Å². The number of allylic oxidation sites excluding steroid dienone is 1. The molecule has 1 saturated heterocycles. The number of ether oxygens (including phenoxy) is 4. The Morgan fingerprint density at radius 2 is 2.02 bits per heavy atom. The molecule has 5 rings (SSSR count). The summed E-state index contributed by atoms with van der Waals surface area (Å²) >= 11 is 1.30. The number of hydrogen-bond acceptors (Lipinski definition) is 8. The third-order valence-electron chi connectivity index (χ3n) is 7.55. The maximum Gasteiger partial charge on any atom is 0.338 e. The summed E-state index contributed by atoms with van der Waals surface area (Å²) in [6.45, 7) is 9.46. The minimum atomic E-state index is -0.797. The summed E-state index contributed by atoms with van der Waals surface area (Å²) in [5.74, 6) is 0.419. The molecule has 3 aromatic rings. The van der Waals surface area contributed by atoms with E-state index in [0.29, 0.717) is 37.7 Å². The zero-order valence-electron chi connectivity index (χ0n) is 23.8. The maximum absolute atomic E-state index is 14.1. The second kappa shape index (κ2) is 11.5. The number of fused-ring (bicyclic) bond motifs is 1. The molecule has 2 aliphatic heterocycles. The van der Waals surface area contributed by atoms with Gasteiger partial charge in [-0.2, -0.15) is 0 Å². The van der Waals surface area contributed by atoms with E-state index in [-0.39, 0.29) is 18.3 Å². The Labute approximate surface area is 237 Å². The summed E-state index contributed by atoms with van der Waals surface area (Å²) in [7, 11) is 3.09. The standard InChI is InChI=1S/C30H35N3O6S/c1-7-38-29(35)25-18(3)31-30-33(26(25)22-11-8-12-23(36-5)27(22)37-6)28(34)24(40-30)15-20-14-17(2)32(19(20)4)16-21-10-9-13-39-21/h8,11-12,14-15,21,26H,7,9-10,13,16H2,1-6H3/t21-,26+/m1/s1. The van der Waals surface area contributed by atoms with Crippen LogP contribution in [0.4, 0.5) is 0 Å². The number of hydrogen-bond donors (Lipinski definition) is 0. The third-order valence-corrected chi connectivity index (χ3v) is 8.54. The second-order valence-electron chi connectivity index (χ2n) is 9.96. The van der Waals surface area contributed by atoms with Crippen LogP contribution in [0.2, 0.25) is 0 Å². The number of aromatic nitrogens is 2. The van der Waals surface area contributed by atoms with Gasteiger partial charge in [-0.1, -0.05) is 23.5 Å². The number of methoxy groups -OCH3 is 2. The van der Waals surface area contributed by atoms with Crippen LogP contribution in [0.15, 0.2) is 45.3 Å². The lowest BCUT2D eigenvalue weighted by atomic mass is 9.94. The quantitative estimate of drug-likeness (QED) is 0.389. The lowest BCUT2D eigenvalue weighted by Crippen LogP contribution is -2.40. The highest BCUT2D eigenvalue weighted by atomic mass is 32.1. The Morgan fingerprint density at radius 3 is 2.70 bits per heavy atom. The molecule has 4 heterocycles. The fourth-order valence-electron chi connectivity index (χ4n) is 5.60. The minimum absolute atomic E-state index is 0.198. The lowest BCUT2D eigenvalue weighted by Gasteiger charge is -2.26. The largest absolute Gasteiger partial charge is 0.493 e. The van der Waals surface area contributed by atoms with Crippen molar-refractivity contribution in [2.24, 2.45) is 4.99 Å². The Hall–Kier alpha value is -3.63. The van der Waals surface area contributed by atoms with E-state index in [0.717, 1.165) is 42.9 Å². The first kappa shape index (κ1) is 27.9. The lowest BCUT2D eigenvalue weighted by molar-refractivity contribution is -0.139. The molecule has 2 atom stereocenters. The van der Waals surface area contributed by atoms with Crippen LogP contribution in [0, 0.1) is 13.8 Å². The van der Waals surface area contributed by atoms with Gasteiger partial charge in [0.1, 0.15) is 6.04 Å². The highest BCUT2D eigenvalue weighted by Crippen LogP contribution is 2.40. The molecule has 2 aliphatic rings. The molecule has 10 heteroatoms. The summed E-state index contributed by atoms with van der Waals surface area (Å²) in [6.07, 6.45) is 4.28. The first-order valence-corrected chi connectivity index (χ1v) is 14.3. The summed E-state index contributed by atoms with van der Waals surface area (Å²) < 4.78 is 26.9. The van der Waals surface area contributed by atoms with Crippen molar-refractivity contribution in [2.75, 3.05) is 27.4 Å². The van der Waals surface area contributed by atoms with E-state index in [1.807, 2.05) is 18.2 Å². The number of para-hydroxylation sites is 1. The smallest absolute Gasteiger partial charge is 0.338 e. The van der Waals surface area contributed by atoms with Gasteiger partial charge in [0.15, 0.2) is 16.3 Å². The molecule has 0 bridgehead atoms. The van der Waals surface area contributed by atoms with Crippen LogP contribution in [0.3, 0.4) is 0 Å². The highest BCUT2D eigenvalue weighted by molar-refractivity contribution is 7.07. The molecule has 1 aromatic carbocycles. The van der Waals surface area contributed by atoms with E-state index in [1.54, 1.807) is 31.6 Å². The zero-order chi connectivity index (χ0) is 28.6. The Balaban J connectivity index is 1.68. The van der Waals surface area contributed by atoms with E-state index in [1.165, 1.54) is 18.4 Å². The molecule has 0 spiro atoms. The van der Waals surface area contributed by atoms with E-state index in [9.17, 15) is 9.59 Å². The normalized spacial score (nSPS) is 19.0. The Kier molecular flexibility index (Phi) is 8.00. The van der Waals surface area contributed by atoms with Gasteiger partial charge >= 0.3 is 5.97 Å². The number of aryl methyl sites for hydroxylation is 1. The molecule has 212 valence electrons. The van der Waals surface area contributed by atoms with Gasteiger partial charge in [0, 0.05) is 30.1 Å². The van der Waals surface area contributed by atoms with Gasteiger partial charge in [0.2, 0.25) is 0 Å². The summed E-state index contributed by atoms with van der Waals surface area (Å²) in [4.78, 5) is 32.5. The number of rotatable bonds is 8. The minimum Gasteiger partial charge on any atom is -0.493 e. The molecule has 40 heavy (non-hydrogen) atoms. The molecule has 0 amide bonds. The van der Waals surface area contributed by atoms with Crippen molar-refractivity contribution in [1.29, 1.82) is 0 Å². The number of carbonyl (C=O) groups excluding carboxylic acids is 1. The zero-order valence-corrected chi connectivity index (χ0v) is 24.6. The first-order chi connectivity index (χ1) is 19.3. The van der Waals surface area contributed by atoms with E-state index < -0.39 is 12.0 Å². The van der Waals surface area contributed by atoms with Gasteiger partial charge < -0.3 is 23.5 Å². The summed E-state index contributed by atoms with van der Waals surface area (Å²) in [5.41, 5.74) is 4.33. The maximum atomic E-state index is 14.1. The third kappa shape index (κ3) is 4.90. The van der Waals surface area contributed by atoms with Crippen molar-refractivity contribution in [3.63, 3.8) is 0 Å². The van der Waals surface area contributed by atoms with Crippen molar-refractivity contribution >= 4 is 23.4 Å². The summed E-state index contributed by atoms with van der Waals surface area (Å²) in [5, 5.41) is 0. The Morgan fingerprint density at radius 1 is 1.23 bits per heavy atom. The van der Waals surface area contributed by atoms with Crippen LogP contribution in [-0.2, 0) is 20.8 Å². The number of carbonyl (C=O) groups is 1. The van der Waals surface area contributed by atoms with Crippen LogP contribution in [-0.4, -0.2) is 48.6 Å². The van der Waals surface area contributed by atoms with Crippen molar-refractivity contribution in [1.82, 2.24) is 9.13 Å². The molecule has 0 N–H and O–H groups in total. The van der Waals surface area contributed by atoms with Gasteiger partial charge in [-0.05, 0) is 64.3 Å². The van der Waals surface area contributed by atoms with Crippen LogP contribution in [0.25, 0.3) is 6.08 Å². The molecule has 0 aliphatic carbocycles. The van der Waals surface area contributed by atoms with Gasteiger partial charge in [-0.3, -0.25) is 9.36 Å². The fourth-order valence-corrected chi connectivity index (χ4v) is 6.64. The van der Waals surface area contributed by atoms with Crippen molar-refractivity contribution in [3.8, 4) is 11.5 Å². The van der Waals surface area contributed by atoms with Crippen molar-refractivity contribution < 1.29 is 23.7 Å². The number of nitrogens with zero attached hydrogens (tertiary/aromatic N) is 3. The second-order valence-corrected chi connectivity index (χ2v) is 11.0. The van der Waals surface area contributed by atoms with Crippen LogP contribution < -0.4 is 24.4 Å². The molecule has 2 aromatic heterocycles. The van der Waals surface area contributed by atoms with Crippen LogP contribution in [0.5, 0.6) is 11.5 Å². The highest BCUT2D eigenvalue weighted by Gasteiger charge is 2.36. The van der Waals surface area contributed by atoms with Crippen LogP contribution in [0.1, 0.15) is 55.2 Å². The predicted octanol–water partition coefficient (Wildman–Crippen LogP) is 3.41. The number of esters is 1. The van der Waals surface area contributed by atoms with E-state index in [2.05, 4.69) is 29.5 Å². The van der Waals surface area contributed by atoms with Crippen LogP contribution >= 0.6 is 11.3 Å². The van der Waals surface area contributed by atoms with E-state index in [4.69, 9.17) is 18.9 Å². The SMILES string of the molecule is CCOC(=O)C1=C(C)N=c2sc(=Cc3cc(C)n(C[C@H]4CCCO4)c3C)c(=O)n2[C@H]1c1cccc(OC)c1OC. The van der Waals surface area contributed by atoms with Gasteiger partial charge in [-0.15, -0.1) is 0 Å². The average Bonchev–Trinajstić information content (AvgIpc) is 3.63. The van der Waals surface area contributed by atoms with Gasteiger partial charge in [0.25, 0.3) is 5.56 Å². The monoisotopic (exact) mass is 565 g/mol. The molecule has 9 nitrogen and oxygen atoms in total. The van der Waals surface area contributed by atoms with Crippen molar-refractivity contribution in [2.45, 2.75) is 59.2 Å². The Bertz CT molecular complexity index is 1660. The average molecular weight is 566 g/mol.